The summed E-state index contributed by atoms with van der Waals surface area (Å²) in [5.74, 6) is 1.79. The standard InChI is InChI=1S/C16H22N2O2S2/c1-12-6-8-18(9-7-12)16(21)22-11-15(19)17-13-4-3-5-14(10-13)20-2/h3-5,10,12H,6-9,11H2,1-2H3,(H,17,19). The summed E-state index contributed by atoms with van der Waals surface area (Å²) in [5, 5.41) is 2.86. The van der Waals surface area contributed by atoms with Gasteiger partial charge in [-0.15, -0.1) is 0 Å². The van der Waals surface area contributed by atoms with E-state index in [-0.39, 0.29) is 5.91 Å². The Morgan fingerprint density at radius 3 is 2.86 bits per heavy atom. The molecule has 0 aliphatic carbocycles. The SMILES string of the molecule is COc1cccc(NC(=O)CSC(=S)N2CCC(C)CC2)c1. The van der Waals surface area contributed by atoms with E-state index in [1.165, 1.54) is 24.6 Å². The molecule has 1 aliphatic heterocycles. The second kappa shape index (κ2) is 8.39. The van der Waals surface area contributed by atoms with Crippen LogP contribution in [0.2, 0.25) is 0 Å². The molecule has 0 aromatic heterocycles. The van der Waals surface area contributed by atoms with Crippen LogP contribution in [0.3, 0.4) is 0 Å². The number of carbonyl (C=O) groups is 1. The molecule has 4 nitrogen and oxygen atoms in total. The van der Waals surface area contributed by atoms with Gasteiger partial charge < -0.3 is 15.0 Å². The Bertz CT molecular complexity index is 529. The van der Waals surface area contributed by atoms with Gasteiger partial charge in [-0.2, -0.15) is 0 Å². The Balaban J connectivity index is 1.76. The lowest BCUT2D eigenvalue weighted by atomic mass is 10.00. The van der Waals surface area contributed by atoms with Gasteiger partial charge >= 0.3 is 0 Å². The lowest BCUT2D eigenvalue weighted by Gasteiger charge is -2.31. The molecule has 1 fully saturated rings. The van der Waals surface area contributed by atoms with E-state index in [1.807, 2.05) is 18.2 Å². The molecule has 0 atom stereocenters. The number of thioether (sulfide) groups is 1. The van der Waals surface area contributed by atoms with Gasteiger partial charge in [0.15, 0.2) is 0 Å². The fraction of sp³-hybridized carbons (Fsp3) is 0.500. The van der Waals surface area contributed by atoms with Crippen molar-refractivity contribution < 1.29 is 9.53 Å². The summed E-state index contributed by atoms with van der Waals surface area (Å²) in [6.45, 7) is 4.28. The number of thiocarbonyl (C=S) groups is 1. The van der Waals surface area contributed by atoms with Gasteiger partial charge in [-0.25, -0.2) is 0 Å². The van der Waals surface area contributed by atoms with Gasteiger partial charge in [0.25, 0.3) is 0 Å². The molecule has 0 bridgehead atoms. The molecule has 2 rings (SSSR count). The van der Waals surface area contributed by atoms with Gasteiger partial charge in [0.05, 0.1) is 12.9 Å². The van der Waals surface area contributed by atoms with E-state index in [2.05, 4.69) is 17.1 Å². The minimum Gasteiger partial charge on any atom is -0.497 e. The summed E-state index contributed by atoms with van der Waals surface area (Å²) in [4.78, 5) is 14.2. The third-order valence-electron chi connectivity index (χ3n) is 3.72. The molecule has 1 aliphatic rings. The Labute approximate surface area is 141 Å². The first-order valence-corrected chi connectivity index (χ1v) is 8.83. The average Bonchev–Trinajstić information content (AvgIpc) is 2.53. The quantitative estimate of drug-likeness (QED) is 0.853. The highest BCUT2D eigenvalue weighted by Crippen LogP contribution is 2.21. The van der Waals surface area contributed by atoms with Crippen LogP contribution in [0.25, 0.3) is 0 Å². The summed E-state index contributed by atoms with van der Waals surface area (Å²) in [7, 11) is 1.61. The molecular weight excluding hydrogens is 316 g/mol. The molecule has 0 saturated carbocycles. The second-order valence-electron chi connectivity index (χ2n) is 5.50. The minimum absolute atomic E-state index is 0.0500. The predicted molar refractivity (Wildman–Crippen MR) is 96.7 cm³/mol. The van der Waals surface area contributed by atoms with Gasteiger partial charge in [-0.1, -0.05) is 37.0 Å². The number of nitrogens with zero attached hydrogens (tertiary/aromatic N) is 1. The third-order valence-corrected chi connectivity index (χ3v) is 5.25. The highest BCUT2D eigenvalue weighted by molar-refractivity contribution is 8.23. The zero-order valence-electron chi connectivity index (χ0n) is 13.0. The molecule has 1 aromatic carbocycles. The highest BCUT2D eigenvalue weighted by atomic mass is 32.2. The molecular formula is C16H22N2O2S2. The van der Waals surface area contributed by atoms with Crippen molar-refractivity contribution in [3.63, 3.8) is 0 Å². The maximum absolute atomic E-state index is 12.0. The van der Waals surface area contributed by atoms with Crippen LogP contribution in [0.4, 0.5) is 5.69 Å². The van der Waals surface area contributed by atoms with Crippen molar-refractivity contribution in [1.29, 1.82) is 0 Å². The Hall–Kier alpha value is -1.27. The number of methoxy groups -OCH3 is 1. The number of carbonyl (C=O) groups excluding carboxylic acids is 1. The van der Waals surface area contributed by atoms with E-state index >= 15 is 0 Å². The molecule has 22 heavy (non-hydrogen) atoms. The van der Waals surface area contributed by atoms with E-state index in [0.717, 1.165) is 34.8 Å². The van der Waals surface area contributed by atoms with Gasteiger partial charge in [0.1, 0.15) is 10.1 Å². The summed E-state index contributed by atoms with van der Waals surface area (Å²) in [5.41, 5.74) is 0.739. The number of ether oxygens (including phenoxy) is 1. The van der Waals surface area contributed by atoms with Gasteiger partial charge in [-0.05, 0) is 30.9 Å². The number of anilines is 1. The first-order valence-electron chi connectivity index (χ1n) is 7.44. The fourth-order valence-electron chi connectivity index (χ4n) is 2.31. The van der Waals surface area contributed by atoms with Crippen LogP contribution in [-0.4, -0.2) is 41.1 Å². The van der Waals surface area contributed by atoms with Crippen LogP contribution in [0.15, 0.2) is 24.3 Å². The van der Waals surface area contributed by atoms with Crippen molar-refractivity contribution in [2.75, 3.05) is 31.3 Å². The van der Waals surface area contributed by atoms with Crippen LogP contribution >= 0.6 is 24.0 Å². The van der Waals surface area contributed by atoms with Crippen molar-refractivity contribution in [3.05, 3.63) is 24.3 Å². The molecule has 120 valence electrons. The van der Waals surface area contributed by atoms with Gasteiger partial charge in [-0.3, -0.25) is 4.79 Å². The number of nitrogens with one attached hydrogen (secondary N) is 1. The summed E-state index contributed by atoms with van der Waals surface area (Å²) in [6.07, 6.45) is 2.35. The molecule has 1 heterocycles. The van der Waals surface area contributed by atoms with E-state index in [4.69, 9.17) is 17.0 Å². The largest absolute Gasteiger partial charge is 0.497 e. The van der Waals surface area contributed by atoms with Crippen LogP contribution in [0, 0.1) is 5.92 Å². The summed E-state index contributed by atoms with van der Waals surface area (Å²) in [6, 6.07) is 7.33. The van der Waals surface area contributed by atoms with Crippen molar-refractivity contribution >= 4 is 39.9 Å². The maximum Gasteiger partial charge on any atom is 0.234 e. The van der Waals surface area contributed by atoms with Crippen molar-refractivity contribution in [1.82, 2.24) is 4.90 Å². The van der Waals surface area contributed by atoms with E-state index in [0.29, 0.717) is 5.75 Å². The van der Waals surface area contributed by atoms with Crippen molar-refractivity contribution in [3.8, 4) is 5.75 Å². The lowest BCUT2D eigenvalue weighted by molar-refractivity contribution is -0.113. The van der Waals surface area contributed by atoms with Crippen LogP contribution in [-0.2, 0) is 4.79 Å². The van der Waals surface area contributed by atoms with Gasteiger partial charge in [0, 0.05) is 24.8 Å². The van der Waals surface area contributed by atoms with E-state index < -0.39 is 0 Å². The molecule has 0 unspecified atom stereocenters. The van der Waals surface area contributed by atoms with E-state index in [1.54, 1.807) is 13.2 Å². The normalized spacial score (nSPS) is 15.5. The van der Waals surface area contributed by atoms with Crippen molar-refractivity contribution in [2.45, 2.75) is 19.8 Å². The molecule has 6 heteroatoms. The monoisotopic (exact) mass is 338 g/mol. The minimum atomic E-state index is -0.0500. The number of hydrogen-bond donors (Lipinski definition) is 1. The first kappa shape index (κ1) is 17.1. The zero-order valence-corrected chi connectivity index (χ0v) is 14.6. The highest BCUT2D eigenvalue weighted by Gasteiger charge is 2.18. The third kappa shape index (κ3) is 5.18. The number of likely N-dealkylation sites (tertiary alicyclic amines) is 1. The first-order chi connectivity index (χ1) is 10.6. The number of benzene rings is 1. The fourth-order valence-corrected chi connectivity index (χ4v) is 3.36. The van der Waals surface area contributed by atoms with E-state index in [9.17, 15) is 4.79 Å². The molecule has 1 amide bonds. The lowest BCUT2D eigenvalue weighted by Crippen LogP contribution is -2.36. The van der Waals surface area contributed by atoms with Crippen molar-refractivity contribution in [2.24, 2.45) is 5.92 Å². The molecule has 0 radical (unpaired) electrons. The Morgan fingerprint density at radius 2 is 2.18 bits per heavy atom. The number of amides is 1. The smallest absolute Gasteiger partial charge is 0.234 e. The Morgan fingerprint density at radius 1 is 1.45 bits per heavy atom. The average molecular weight is 338 g/mol. The topological polar surface area (TPSA) is 41.6 Å². The number of hydrogen-bond acceptors (Lipinski definition) is 4. The zero-order chi connectivity index (χ0) is 15.9. The molecule has 1 N–H and O–H groups in total. The molecule has 0 spiro atoms. The van der Waals surface area contributed by atoms with Crippen LogP contribution in [0.1, 0.15) is 19.8 Å². The second-order valence-corrected chi connectivity index (χ2v) is 7.11. The van der Waals surface area contributed by atoms with Crippen LogP contribution < -0.4 is 10.1 Å². The number of piperidine rings is 1. The summed E-state index contributed by atoms with van der Waals surface area (Å²) < 4.78 is 5.97. The predicted octanol–water partition coefficient (Wildman–Crippen LogP) is 3.38. The summed E-state index contributed by atoms with van der Waals surface area (Å²) >= 11 is 6.86. The van der Waals surface area contributed by atoms with Crippen LogP contribution in [0.5, 0.6) is 5.75 Å². The molecule has 1 saturated heterocycles. The maximum atomic E-state index is 12.0. The van der Waals surface area contributed by atoms with Gasteiger partial charge in [0.2, 0.25) is 5.91 Å². The number of rotatable bonds is 4. The Kier molecular flexibility index (Phi) is 6.51. The molecule has 1 aromatic rings.